The Balaban J connectivity index is 3.26. The van der Waals surface area contributed by atoms with Gasteiger partial charge < -0.3 is 10.4 Å². The van der Waals surface area contributed by atoms with E-state index in [0.29, 0.717) is 10.8 Å². The first-order valence-corrected chi connectivity index (χ1v) is 3.88. The lowest BCUT2D eigenvalue weighted by molar-refractivity contribution is 0.288. The van der Waals surface area contributed by atoms with Gasteiger partial charge in [-0.25, -0.2) is 0 Å². The Kier molecular flexibility index (Phi) is 1.78. The molecule has 0 aromatic heterocycles. The molecule has 70 valence electrons. The van der Waals surface area contributed by atoms with Gasteiger partial charge in [-0.3, -0.25) is 4.79 Å². The van der Waals surface area contributed by atoms with Crippen molar-refractivity contribution in [2.75, 3.05) is 0 Å². The molecule has 2 aromatic rings. The Morgan fingerprint density at radius 3 is 2.07 bits per heavy atom. The van der Waals surface area contributed by atoms with Crippen molar-refractivity contribution in [2.45, 2.75) is 0 Å². The van der Waals surface area contributed by atoms with E-state index in [9.17, 15) is 4.79 Å². The van der Waals surface area contributed by atoms with Crippen LogP contribution in [0.3, 0.4) is 0 Å². The van der Waals surface area contributed by atoms with Gasteiger partial charge in [-0.05, 0) is 0 Å². The molecule has 0 amide bonds. The molecule has 0 saturated carbocycles. The molecule has 0 aliphatic carbocycles. The van der Waals surface area contributed by atoms with Gasteiger partial charge in [0.1, 0.15) is 5.36 Å². The molecule has 0 atom stereocenters. The summed E-state index contributed by atoms with van der Waals surface area (Å²) in [6.07, 6.45) is 0. The fourth-order valence-corrected chi connectivity index (χ4v) is 1.44. The minimum absolute atomic E-state index is 0.00750. The van der Waals surface area contributed by atoms with Gasteiger partial charge in [0.05, 0.1) is 0 Å². The molecule has 0 aliphatic rings. The topological polar surface area (TPSA) is 82.2 Å². The zero-order valence-electron chi connectivity index (χ0n) is 7.01. The molecule has 5 heteroatoms. The lowest BCUT2D eigenvalue weighted by Crippen LogP contribution is -2.32. The van der Waals surface area contributed by atoms with Gasteiger partial charge >= 0.3 is 0 Å². The number of hydrogen-bond acceptors (Lipinski definition) is 5. The Hall–Kier alpha value is -2.17. The maximum Gasteiger partial charge on any atom is 0.217 e. The van der Waals surface area contributed by atoms with E-state index in [-0.39, 0.29) is 10.7 Å². The quantitative estimate of drug-likeness (QED) is 0.440. The van der Waals surface area contributed by atoms with E-state index in [1.54, 1.807) is 24.3 Å². The van der Waals surface area contributed by atoms with Crippen LogP contribution < -0.4 is 16.1 Å². The molecule has 0 saturated heterocycles. The van der Waals surface area contributed by atoms with Crippen molar-refractivity contribution in [1.82, 2.24) is 0 Å². The van der Waals surface area contributed by atoms with Gasteiger partial charge in [0, 0.05) is 10.8 Å². The van der Waals surface area contributed by atoms with Crippen LogP contribution >= 0.6 is 0 Å². The Labute approximate surface area is 77.6 Å². The van der Waals surface area contributed by atoms with Gasteiger partial charge in [0.25, 0.3) is 0 Å². The number of nitrogens with zero attached hydrogens (tertiary/aromatic N) is 2. The van der Waals surface area contributed by atoms with Gasteiger partial charge in [0.2, 0.25) is 5.43 Å². The lowest BCUT2D eigenvalue weighted by Gasteiger charge is -1.83. The average Bonchev–Trinajstić information content (AvgIpc) is 2.51. The number of benzene rings is 1. The first-order chi connectivity index (χ1) is 6.79. The van der Waals surface area contributed by atoms with Crippen molar-refractivity contribution in [2.24, 2.45) is 10.3 Å². The molecule has 0 aliphatic heterocycles. The van der Waals surface area contributed by atoms with Crippen molar-refractivity contribution < 1.29 is 10.4 Å². The predicted molar refractivity (Wildman–Crippen MR) is 47.3 cm³/mol. The fraction of sp³-hybridized carbons (Fsp3) is 0. The van der Waals surface area contributed by atoms with Crippen LogP contribution in [0.2, 0.25) is 0 Å². The molecule has 0 fully saturated rings. The van der Waals surface area contributed by atoms with Crippen LogP contribution in [-0.4, -0.2) is 10.4 Å². The summed E-state index contributed by atoms with van der Waals surface area (Å²) in [7, 11) is 0. The summed E-state index contributed by atoms with van der Waals surface area (Å²) in [6, 6.07) is 6.60. The maximum atomic E-state index is 11.5. The van der Waals surface area contributed by atoms with E-state index in [2.05, 4.69) is 10.3 Å². The van der Waals surface area contributed by atoms with Crippen molar-refractivity contribution >= 4 is 10.8 Å². The summed E-state index contributed by atoms with van der Waals surface area (Å²) in [6.45, 7) is 0. The number of fused-ring (bicyclic) bond motifs is 1. The Bertz CT molecular complexity index is 636. The molecular weight excluding hydrogens is 184 g/mol. The molecule has 0 heterocycles. The minimum Gasteiger partial charge on any atom is -0.410 e. The third-order valence-corrected chi connectivity index (χ3v) is 2.07. The molecule has 2 N–H and O–H groups in total. The van der Waals surface area contributed by atoms with E-state index in [1.807, 2.05) is 0 Å². The Morgan fingerprint density at radius 1 is 0.929 bits per heavy atom. The highest BCUT2D eigenvalue weighted by Gasteiger charge is 2.08. The van der Waals surface area contributed by atoms with Gasteiger partial charge in [-0.2, -0.15) is 0 Å². The zero-order chi connectivity index (χ0) is 10.1. The molecule has 2 aromatic carbocycles. The number of hydrogen-bond donors (Lipinski definition) is 2. The summed E-state index contributed by atoms with van der Waals surface area (Å²) in [4.78, 5) is 11.5. The van der Waals surface area contributed by atoms with Crippen LogP contribution in [0.1, 0.15) is 0 Å². The molecule has 14 heavy (non-hydrogen) atoms. The summed E-state index contributed by atoms with van der Waals surface area (Å²) in [5.74, 6) is 0. The third-order valence-electron chi connectivity index (χ3n) is 2.07. The van der Waals surface area contributed by atoms with Crippen LogP contribution in [0.25, 0.3) is 10.8 Å². The first kappa shape index (κ1) is 8.43. The fourth-order valence-electron chi connectivity index (χ4n) is 1.44. The first-order valence-electron chi connectivity index (χ1n) is 3.88. The summed E-state index contributed by atoms with van der Waals surface area (Å²) in [5, 5.41) is 23.7. The predicted octanol–water partition coefficient (Wildman–Crippen LogP) is -0.345. The van der Waals surface area contributed by atoms with Gasteiger partial charge in [0.15, 0.2) is 5.36 Å². The van der Waals surface area contributed by atoms with E-state index in [1.165, 1.54) is 0 Å². The van der Waals surface area contributed by atoms with E-state index < -0.39 is 5.43 Å². The standard InChI is InChI=1S/C9H6N2O3/c12-9-6-4-2-1-3-5(6)7(10-13)8(9)11-14/h1-4,13-14H/b10-7-,11-8+. The molecular formula is C9H6N2O3. The average molecular weight is 190 g/mol. The highest BCUT2D eigenvalue weighted by molar-refractivity contribution is 5.82. The van der Waals surface area contributed by atoms with Crippen molar-refractivity contribution in [3.05, 3.63) is 45.2 Å². The minimum atomic E-state index is -0.434. The van der Waals surface area contributed by atoms with Crippen molar-refractivity contribution in [3.63, 3.8) is 0 Å². The molecule has 5 nitrogen and oxygen atoms in total. The highest BCUT2D eigenvalue weighted by atomic mass is 16.4. The van der Waals surface area contributed by atoms with Crippen molar-refractivity contribution in [3.8, 4) is 0 Å². The van der Waals surface area contributed by atoms with Crippen LogP contribution in [0.15, 0.2) is 39.4 Å². The van der Waals surface area contributed by atoms with Crippen LogP contribution in [-0.2, 0) is 0 Å². The largest absolute Gasteiger partial charge is 0.410 e. The molecule has 2 rings (SSSR count). The third kappa shape index (κ3) is 0.922. The maximum absolute atomic E-state index is 11.5. The summed E-state index contributed by atoms with van der Waals surface area (Å²) < 4.78 is 0. The van der Waals surface area contributed by atoms with E-state index in [4.69, 9.17) is 10.4 Å². The SMILES string of the molecule is O=c1c(=N/O)/c(=N\O)c2ccccc12. The molecule has 0 radical (unpaired) electrons. The van der Waals surface area contributed by atoms with Crippen LogP contribution in [0.4, 0.5) is 0 Å². The van der Waals surface area contributed by atoms with Crippen LogP contribution in [0, 0.1) is 0 Å². The lowest BCUT2D eigenvalue weighted by atomic mass is 10.2. The normalized spacial score (nSPS) is 14.0. The molecule has 0 unspecified atom stereocenters. The second kappa shape index (κ2) is 2.95. The smallest absolute Gasteiger partial charge is 0.217 e. The van der Waals surface area contributed by atoms with Crippen molar-refractivity contribution in [1.29, 1.82) is 0 Å². The summed E-state index contributed by atoms with van der Waals surface area (Å²) >= 11 is 0. The van der Waals surface area contributed by atoms with Gasteiger partial charge in [-0.15, -0.1) is 0 Å². The van der Waals surface area contributed by atoms with Crippen LogP contribution in [0.5, 0.6) is 0 Å². The molecule has 0 bridgehead atoms. The van der Waals surface area contributed by atoms with E-state index in [0.717, 1.165) is 0 Å². The second-order valence-electron chi connectivity index (χ2n) is 2.77. The highest BCUT2D eigenvalue weighted by Crippen LogP contribution is 2.01. The second-order valence-corrected chi connectivity index (χ2v) is 2.77. The van der Waals surface area contributed by atoms with E-state index >= 15 is 0 Å². The summed E-state index contributed by atoms with van der Waals surface area (Å²) in [5.41, 5.74) is -0.434. The molecule has 0 spiro atoms. The number of rotatable bonds is 0. The Morgan fingerprint density at radius 2 is 1.50 bits per heavy atom. The monoisotopic (exact) mass is 190 g/mol. The zero-order valence-corrected chi connectivity index (χ0v) is 7.01. The van der Waals surface area contributed by atoms with Gasteiger partial charge in [-0.1, -0.05) is 34.6 Å².